The second kappa shape index (κ2) is 14.9. The predicted octanol–water partition coefficient (Wildman–Crippen LogP) is 5.84. The molecule has 0 saturated heterocycles. The van der Waals surface area contributed by atoms with E-state index in [1.165, 1.54) is 52.1 Å². The Bertz CT molecular complexity index is 639. The highest BCUT2D eigenvalue weighted by Crippen LogP contribution is 2.21. The van der Waals surface area contributed by atoms with Crippen molar-refractivity contribution in [2.75, 3.05) is 13.7 Å². The summed E-state index contributed by atoms with van der Waals surface area (Å²) in [7, 11) is 1.34. The molecule has 0 heterocycles. The molecule has 1 aromatic carbocycles. The molecule has 1 unspecified atom stereocenters. The average molecular weight is 434 g/mol. The van der Waals surface area contributed by atoms with Crippen LogP contribution in [-0.4, -0.2) is 31.6 Å². The van der Waals surface area contributed by atoms with Gasteiger partial charge in [-0.25, -0.2) is 4.79 Å². The van der Waals surface area contributed by atoms with Crippen LogP contribution in [0.4, 0.5) is 0 Å². The molecular formula is C26H43NO4. The van der Waals surface area contributed by atoms with E-state index < -0.39 is 17.4 Å². The van der Waals surface area contributed by atoms with Gasteiger partial charge in [-0.3, -0.25) is 4.79 Å². The number of nitrogens with one attached hydrogen (secondary N) is 1. The van der Waals surface area contributed by atoms with Gasteiger partial charge in [0.15, 0.2) is 0 Å². The molecule has 0 saturated carbocycles. The van der Waals surface area contributed by atoms with E-state index in [1.54, 1.807) is 0 Å². The summed E-state index contributed by atoms with van der Waals surface area (Å²) in [5, 5.41) is 2.85. The standard InChI is InChI=1S/C26H43NO4/c1-6-8-9-10-11-12-13-14-19-31-22-17-15-21(16-18-22)20-23(24(28)30-5)27-25(29)26(3,4)7-2/h15-18,23H,6-14,19-20H2,1-5H3,(H,27,29). The summed E-state index contributed by atoms with van der Waals surface area (Å²) in [6.07, 6.45) is 11.3. The third-order valence-electron chi connectivity index (χ3n) is 5.92. The Morgan fingerprint density at radius 2 is 1.52 bits per heavy atom. The lowest BCUT2D eigenvalue weighted by molar-refractivity contribution is -0.146. The summed E-state index contributed by atoms with van der Waals surface area (Å²) < 4.78 is 10.7. The fourth-order valence-corrected chi connectivity index (χ4v) is 3.23. The molecule has 5 heteroatoms. The summed E-state index contributed by atoms with van der Waals surface area (Å²) in [6, 6.07) is 7.03. The van der Waals surface area contributed by atoms with Crippen LogP contribution >= 0.6 is 0 Å². The molecule has 1 N–H and O–H groups in total. The lowest BCUT2D eigenvalue weighted by atomic mass is 9.88. The number of methoxy groups -OCH3 is 1. The third kappa shape index (κ3) is 10.7. The number of esters is 1. The highest BCUT2D eigenvalue weighted by molar-refractivity contribution is 5.87. The Labute approximate surface area is 189 Å². The Balaban J connectivity index is 2.44. The van der Waals surface area contributed by atoms with E-state index >= 15 is 0 Å². The first-order valence-electron chi connectivity index (χ1n) is 11.9. The number of amides is 1. The molecule has 1 atom stereocenters. The fraction of sp³-hybridized carbons (Fsp3) is 0.692. The van der Waals surface area contributed by atoms with Gasteiger partial charge in [-0.05, 0) is 30.5 Å². The zero-order valence-electron chi connectivity index (χ0n) is 20.3. The minimum atomic E-state index is -0.701. The number of carbonyl (C=O) groups is 2. The van der Waals surface area contributed by atoms with Crippen molar-refractivity contribution in [2.45, 2.75) is 97.9 Å². The Hall–Kier alpha value is -2.04. The summed E-state index contributed by atoms with van der Waals surface area (Å²) in [4.78, 5) is 24.7. The number of rotatable bonds is 16. The number of benzene rings is 1. The molecule has 1 rings (SSSR count). The lowest BCUT2D eigenvalue weighted by Gasteiger charge is -2.25. The smallest absolute Gasteiger partial charge is 0.328 e. The van der Waals surface area contributed by atoms with Crippen LogP contribution in [0.15, 0.2) is 24.3 Å². The maximum absolute atomic E-state index is 12.5. The van der Waals surface area contributed by atoms with Crippen LogP contribution in [0, 0.1) is 5.41 Å². The van der Waals surface area contributed by atoms with Crippen molar-refractivity contribution in [3.63, 3.8) is 0 Å². The van der Waals surface area contributed by atoms with Crippen molar-refractivity contribution in [1.82, 2.24) is 5.32 Å². The van der Waals surface area contributed by atoms with Crippen LogP contribution in [0.2, 0.25) is 0 Å². The molecule has 1 aromatic rings. The lowest BCUT2D eigenvalue weighted by Crippen LogP contribution is -2.48. The van der Waals surface area contributed by atoms with Gasteiger partial charge in [0.1, 0.15) is 11.8 Å². The normalized spacial score (nSPS) is 12.3. The highest BCUT2D eigenvalue weighted by Gasteiger charge is 2.30. The topological polar surface area (TPSA) is 64.6 Å². The number of ether oxygens (including phenoxy) is 2. The van der Waals surface area contributed by atoms with Crippen molar-refractivity contribution in [2.24, 2.45) is 5.41 Å². The van der Waals surface area contributed by atoms with Gasteiger partial charge in [-0.2, -0.15) is 0 Å². The molecular weight excluding hydrogens is 390 g/mol. The minimum absolute atomic E-state index is 0.143. The van der Waals surface area contributed by atoms with Crippen LogP contribution < -0.4 is 10.1 Å². The first-order valence-corrected chi connectivity index (χ1v) is 11.9. The van der Waals surface area contributed by atoms with Gasteiger partial charge >= 0.3 is 5.97 Å². The summed E-state index contributed by atoms with van der Waals surface area (Å²) in [5.74, 6) is 0.253. The predicted molar refractivity (Wildman–Crippen MR) is 126 cm³/mol. The van der Waals surface area contributed by atoms with Gasteiger partial charge in [0.05, 0.1) is 13.7 Å². The number of hydrogen-bond acceptors (Lipinski definition) is 4. The van der Waals surface area contributed by atoms with Crippen molar-refractivity contribution in [1.29, 1.82) is 0 Å². The maximum atomic E-state index is 12.5. The average Bonchev–Trinajstić information content (AvgIpc) is 2.77. The van der Waals surface area contributed by atoms with E-state index in [4.69, 9.17) is 9.47 Å². The Kier molecular flexibility index (Phi) is 13.0. The molecule has 0 aliphatic rings. The van der Waals surface area contributed by atoms with Gasteiger partial charge in [-0.15, -0.1) is 0 Å². The molecule has 176 valence electrons. The maximum Gasteiger partial charge on any atom is 0.328 e. The monoisotopic (exact) mass is 433 g/mol. The zero-order valence-corrected chi connectivity index (χ0v) is 20.3. The molecule has 0 bridgehead atoms. The first-order chi connectivity index (χ1) is 14.8. The van der Waals surface area contributed by atoms with Crippen LogP contribution in [0.25, 0.3) is 0 Å². The molecule has 0 aliphatic heterocycles. The van der Waals surface area contributed by atoms with Gasteiger partial charge in [-0.1, -0.05) is 84.8 Å². The van der Waals surface area contributed by atoms with Gasteiger partial charge in [0.2, 0.25) is 5.91 Å². The summed E-state index contributed by atoms with van der Waals surface area (Å²) in [6.45, 7) is 8.66. The van der Waals surface area contributed by atoms with Crippen molar-refractivity contribution in [3.05, 3.63) is 29.8 Å². The zero-order chi connectivity index (χ0) is 23.1. The second-order valence-corrected chi connectivity index (χ2v) is 8.96. The fourth-order valence-electron chi connectivity index (χ4n) is 3.23. The molecule has 0 aliphatic carbocycles. The van der Waals surface area contributed by atoms with Crippen molar-refractivity contribution >= 4 is 11.9 Å². The van der Waals surface area contributed by atoms with Crippen molar-refractivity contribution in [3.8, 4) is 5.75 Å². The quantitative estimate of drug-likeness (QED) is 0.263. The van der Waals surface area contributed by atoms with E-state index in [9.17, 15) is 9.59 Å². The minimum Gasteiger partial charge on any atom is -0.494 e. The van der Waals surface area contributed by atoms with Gasteiger partial charge in [0, 0.05) is 11.8 Å². The Morgan fingerprint density at radius 3 is 2.06 bits per heavy atom. The molecule has 0 spiro atoms. The first kappa shape index (κ1) is 27.0. The van der Waals surface area contributed by atoms with Crippen molar-refractivity contribution < 1.29 is 19.1 Å². The van der Waals surface area contributed by atoms with Crippen LogP contribution in [0.5, 0.6) is 5.75 Å². The van der Waals surface area contributed by atoms with Gasteiger partial charge in [0.25, 0.3) is 0 Å². The highest BCUT2D eigenvalue weighted by atomic mass is 16.5. The van der Waals surface area contributed by atoms with Crippen LogP contribution in [0.1, 0.15) is 91.0 Å². The summed E-state index contributed by atoms with van der Waals surface area (Å²) >= 11 is 0. The van der Waals surface area contributed by atoms with E-state index in [0.29, 0.717) is 12.8 Å². The number of unbranched alkanes of at least 4 members (excludes halogenated alkanes) is 7. The molecule has 0 fully saturated rings. The molecule has 0 aromatic heterocycles. The van der Waals surface area contributed by atoms with E-state index in [-0.39, 0.29) is 5.91 Å². The van der Waals surface area contributed by atoms with Gasteiger partial charge < -0.3 is 14.8 Å². The summed E-state index contributed by atoms with van der Waals surface area (Å²) in [5.41, 5.74) is 0.420. The molecule has 0 radical (unpaired) electrons. The van der Waals surface area contributed by atoms with Crippen LogP contribution in [0.3, 0.4) is 0 Å². The van der Waals surface area contributed by atoms with E-state index in [2.05, 4.69) is 12.2 Å². The third-order valence-corrected chi connectivity index (χ3v) is 5.92. The second-order valence-electron chi connectivity index (χ2n) is 8.96. The Morgan fingerprint density at radius 1 is 0.935 bits per heavy atom. The molecule has 31 heavy (non-hydrogen) atoms. The molecule has 5 nitrogen and oxygen atoms in total. The van der Waals surface area contributed by atoms with Crippen LogP contribution in [-0.2, 0) is 20.7 Å². The number of carbonyl (C=O) groups excluding carboxylic acids is 2. The van der Waals surface area contributed by atoms with E-state index in [0.717, 1.165) is 24.3 Å². The largest absolute Gasteiger partial charge is 0.494 e. The molecule has 1 amide bonds. The number of hydrogen-bond donors (Lipinski definition) is 1. The van der Waals surface area contributed by atoms with E-state index in [1.807, 2.05) is 45.0 Å². The SMILES string of the molecule is CCCCCCCCCCOc1ccc(CC(NC(=O)C(C)(C)CC)C(=O)OC)cc1.